The zero-order chi connectivity index (χ0) is 14.8. The lowest BCUT2D eigenvalue weighted by Gasteiger charge is -2.10. The van der Waals surface area contributed by atoms with Gasteiger partial charge in [0, 0.05) is 5.56 Å². The standard InChI is InChI=1S/C15H11F3O2/c1-10(19)11-5-7-13(8-6-11)20-14-4-2-3-12(9-14)15(16,17)18/h2-9,19H,1H2. The highest BCUT2D eigenvalue weighted by Gasteiger charge is 2.30. The van der Waals surface area contributed by atoms with Gasteiger partial charge in [-0.1, -0.05) is 12.6 Å². The van der Waals surface area contributed by atoms with Crippen molar-refractivity contribution in [1.82, 2.24) is 0 Å². The molecule has 0 spiro atoms. The van der Waals surface area contributed by atoms with Crippen molar-refractivity contribution in [1.29, 1.82) is 0 Å². The monoisotopic (exact) mass is 280 g/mol. The van der Waals surface area contributed by atoms with Gasteiger partial charge in [-0.25, -0.2) is 0 Å². The maximum atomic E-state index is 12.6. The van der Waals surface area contributed by atoms with Crippen LogP contribution in [0.5, 0.6) is 11.5 Å². The number of halogens is 3. The molecule has 2 aromatic rings. The van der Waals surface area contributed by atoms with E-state index >= 15 is 0 Å². The van der Waals surface area contributed by atoms with Gasteiger partial charge >= 0.3 is 6.18 Å². The van der Waals surface area contributed by atoms with Crippen molar-refractivity contribution in [3.8, 4) is 11.5 Å². The zero-order valence-electron chi connectivity index (χ0n) is 10.3. The summed E-state index contributed by atoms with van der Waals surface area (Å²) in [5, 5.41) is 9.17. The Morgan fingerprint density at radius 1 is 1.00 bits per heavy atom. The minimum Gasteiger partial charge on any atom is -0.508 e. The summed E-state index contributed by atoms with van der Waals surface area (Å²) in [7, 11) is 0. The Morgan fingerprint density at radius 3 is 2.20 bits per heavy atom. The molecule has 0 fully saturated rings. The SMILES string of the molecule is C=C(O)c1ccc(Oc2cccc(C(F)(F)F)c2)cc1. The number of benzene rings is 2. The van der Waals surface area contributed by atoms with Crippen molar-refractivity contribution in [2.45, 2.75) is 6.18 Å². The molecule has 1 N–H and O–H groups in total. The van der Waals surface area contributed by atoms with Crippen LogP contribution in [0.25, 0.3) is 5.76 Å². The van der Waals surface area contributed by atoms with Gasteiger partial charge in [-0.15, -0.1) is 0 Å². The van der Waals surface area contributed by atoms with E-state index in [-0.39, 0.29) is 11.5 Å². The molecule has 0 heterocycles. The largest absolute Gasteiger partial charge is 0.508 e. The molecule has 2 aromatic carbocycles. The Morgan fingerprint density at radius 2 is 1.65 bits per heavy atom. The predicted molar refractivity (Wildman–Crippen MR) is 69.6 cm³/mol. The summed E-state index contributed by atoms with van der Waals surface area (Å²) in [6.45, 7) is 3.37. The van der Waals surface area contributed by atoms with Crippen LogP contribution in [-0.2, 0) is 6.18 Å². The molecule has 0 radical (unpaired) electrons. The molecule has 2 nitrogen and oxygen atoms in total. The quantitative estimate of drug-likeness (QED) is 0.799. The first-order chi connectivity index (χ1) is 9.36. The van der Waals surface area contributed by atoms with Crippen LogP contribution in [0, 0.1) is 0 Å². The van der Waals surface area contributed by atoms with Crippen molar-refractivity contribution in [3.05, 3.63) is 66.2 Å². The van der Waals surface area contributed by atoms with Crippen LogP contribution in [0.2, 0.25) is 0 Å². The zero-order valence-corrected chi connectivity index (χ0v) is 10.3. The van der Waals surface area contributed by atoms with E-state index in [0.29, 0.717) is 11.3 Å². The summed E-state index contributed by atoms with van der Waals surface area (Å²) in [6, 6.07) is 10.8. The summed E-state index contributed by atoms with van der Waals surface area (Å²) in [6.07, 6.45) is -4.40. The van der Waals surface area contributed by atoms with Gasteiger partial charge in [0.05, 0.1) is 5.56 Å². The van der Waals surface area contributed by atoms with E-state index in [2.05, 4.69) is 6.58 Å². The first-order valence-electron chi connectivity index (χ1n) is 5.70. The molecule has 2 rings (SSSR count). The van der Waals surface area contributed by atoms with Gasteiger partial charge in [0.25, 0.3) is 0 Å². The van der Waals surface area contributed by atoms with E-state index in [1.807, 2.05) is 0 Å². The number of hydrogen-bond donors (Lipinski definition) is 1. The Labute approximate surface area is 113 Å². The second kappa shape index (κ2) is 5.28. The average Bonchev–Trinajstić information content (AvgIpc) is 2.38. The molecule has 0 unspecified atom stereocenters. The van der Waals surface area contributed by atoms with Gasteiger partial charge < -0.3 is 9.84 Å². The number of rotatable bonds is 3. The molecule has 0 bridgehead atoms. The molecule has 0 atom stereocenters. The van der Waals surface area contributed by atoms with Crippen LogP contribution in [-0.4, -0.2) is 5.11 Å². The second-order valence-corrected chi connectivity index (χ2v) is 4.10. The molecular weight excluding hydrogens is 269 g/mol. The Hall–Kier alpha value is -2.43. The number of aliphatic hydroxyl groups is 1. The van der Waals surface area contributed by atoms with Gasteiger partial charge in [0.2, 0.25) is 0 Å². The van der Waals surface area contributed by atoms with Crippen molar-refractivity contribution in [2.24, 2.45) is 0 Å². The second-order valence-electron chi connectivity index (χ2n) is 4.10. The molecule has 5 heteroatoms. The molecule has 0 aromatic heterocycles. The number of alkyl halides is 3. The van der Waals surface area contributed by atoms with E-state index in [9.17, 15) is 13.2 Å². The highest BCUT2D eigenvalue weighted by atomic mass is 19.4. The van der Waals surface area contributed by atoms with Crippen LogP contribution in [0.4, 0.5) is 13.2 Å². The Kier molecular flexibility index (Phi) is 3.70. The van der Waals surface area contributed by atoms with Gasteiger partial charge in [-0.05, 0) is 42.5 Å². The summed E-state index contributed by atoms with van der Waals surface area (Å²) >= 11 is 0. The maximum Gasteiger partial charge on any atom is 0.416 e. The van der Waals surface area contributed by atoms with Crippen molar-refractivity contribution in [2.75, 3.05) is 0 Å². The van der Waals surface area contributed by atoms with Gasteiger partial charge in [-0.2, -0.15) is 13.2 Å². The summed E-state index contributed by atoms with van der Waals surface area (Å²) in [5.41, 5.74) is -0.253. The molecule has 0 saturated carbocycles. The smallest absolute Gasteiger partial charge is 0.416 e. The number of ether oxygens (including phenoxy) is 1. The van der Waals surface area contributed by atoms with Crippen LogP contribution in [0.1, 0.15) is 11.1 Å². The van der Waals surface area contributed by atoms with Crippen LogP contribution in [0.15, 0.2) is 55.1 Å². The fourth-order valence-electron chi connectivity index (χ4n) is 1.59. The lowest BCUT2D eigenvalue weighted by molar-refractivity contribution is -0.137. The third-order valence-electron chi connectivity index (χ3n) is 2.58. The topological polar surface area (TPSA) is 29.5 Å². The van der Waals surface area contributed by atoms with Gasteiger partial charge in [-0.3, -0.25) is 0 Å². The summed E-state index contributed by atoms with van der Waals surface area (Å²) in [4.78, 5) is 0. The Balaban J connectivity index is 2.20. The fraction of sp³-hybridized carbons (Fsp3) is 0.0667. The van der Waals surface area contributed by atoms with Gasteiger partial charge in [0.1, 0.15) is 17.3 Å². The predicted octanol–water partition coefficient (Wildman–Crippen LogP) is 5.03. The summed E-state index contributed by atoms with van der Waals surface area (Å²) in [5.74, 6) is 0.375. The molecule has 20 heavy (non-hydrogen) atoms. The highest BCUT2D eigenvalue weighted by Crippen LogP contribution is 2.32. The first kappa shape index (κ1) is 14.0. The molecule has 0 aliphatic rings. The summed E-state index contributed by atoms with van der Waals surface area (Å²) < 4.78 is 43.0. The van der Waals surface area contributed by atoms with Crippen molar-refractivity contribution >= 4 is 5.76 Å². The molecule has 104 valence electrons. The van der Waals surface area contributed by atoms with Crippen LogP contribution in [0.3, 0.4) is 0 Å². The van der Waals surface area contributed by atoms with E-state index in [0.717, 1.165) is 12.1 Å². The normalized spacial score (nSPS) is 11.2. The molecule has 0 aliphatic carbocycles. The van der Waals surface area contributed by atoms with Crippen LogP contribution >= 0.6 is 0 Å². The van der Waals surface area contributed by atoms with Crippen molar-refractivity contribution < 1.29 is 23.0 Å². The van der Waals surface area contributed by atoms with Crippen LogP contribution < -0.4 is 4.74 Å². The fourth-order valence-corrected chi connectivity index (χ4v) is 1.59. The van der Waals surface area contributed by atoms with Crippen molar-refractivity contribution in [3.63, 3.8) is 0 Å². The van der Waals surface area contributed by atoms with E-state index in [1.54, 1.807) is 12.1 Å². The lowest BCUT2D eigenvalue weighted by atomic mass is 10.2. The number of aliphatic hydroxyl groups excluding tert-OH is 1. The molecular formula is C15H11F3O2. The van der Waals surface area contributed by atoms with Gasteiger partial charge in [0.15, 0.2) is 0 Å². The first-order valence-corrected chi connectivity index (χ1v) is 5.70. The minimum atomic E-state index is -4.40. The third-order valence-corrected chi connectivity index (χ3v) is 2.58. The average molecular weight is 280 g/mol. The van der Waals surface area contributed by atoms with E-state index < -0.39 is 11.7 Å². The Bertz CT molecular complexity index is 616. The third kappa shape index (κ3) is 3.32. The maximum absolute atomic E-state index is 12.6. The molecule has 0 aliphatic heterocycles. The highest BCUT2D eigenvalue weighted by molar-refractivity contribution is 5.56. The number of hydrogen-bond acceptors (Lipinski definition) is 2. The lowest BCUT2D eigenvalue weighted by Crippen LogP contribution is -2.04. The molecule has 0 saturated heterocycles. The van der Waals surface area contributed by atoms with E-state index in [1.165, 1.54) is 24.3 Å². The van der Waals surface area contributed by atoms with E-state index in [4.69, 9.17) is 9.84 Å². The minimum absolute atomic E-state index is 0.0874. The molecule has 0 amide bonds.